The Bertz CT molecular complexity index is 550. The van der Waals surface area contributed by atoms with Crippen molar-refractivity contribution in [3.05, 3.63) is 50.1 Å². The summed E-state index contributed by atoms with van der Waals surface area (Å²) >= 11 is 5.26. The molecule has 0 saturated carbocycles. The number of nitrogens with one attached hydrogen (secondary N) is 2. The molecule has 2 heterocycles. The molecule has 1 aliphatic heterocycles. The topological polar surface area (TPSA) is 24.1 Å². The van der Waals surface area contributed by atoms with E-state index < -0.39 is 0 Å². The molecule has 0 amide bonds. The van der Waals surface area contributed by atoms with Crippen LogP contribution in [0.15, 0.2) is 34.1 Å². The van der Waals surface area contributed by atoms with Gasteiger partial charge in [-0.05, 0) is 45.6 Å². The SMILES string of the molecule is Brc1csc(CNCc2ccc3c(c2)NCC3)c1. The fourth-order valence-corrected chi connectivity index (χ4v) is 3.65. The monoisotopic (exact) mass is 322 g/mol. The summed E-state index contributed by atoms with van der Waals surface area (Å²) in [7, 11) is 0. The average molecular weight is 323 g/mol. The minimum atomic E-state index is 0.921. The van der Waals surface area contributed by atoms with Crippen LogP contribution in [-0.4, -0.2) is 6.54 Å². The minimum Gasteiger partial charge on any atom is -0.384 e. The average Bonchev–Trinajstić information content (AvgIpc) is 2.97. The van der Waals surface area contributed by atoms with E-state index in [0.29, 0.717) is 0 Å². The second-order valence-electron chi connectivity index (χ2n) is 4.50. The van der Waals surface area contributed by atoms with Crippen LogP contribution in [0.3, 0.4) is 0 Å². The number of fused-ring (bicyclic) bond motifs is 1. The maximum atomic E-state index is 3.48. The molecule has 3 rings (SSSR count). The van der Waals surface area contributed by atoms with Crippen molar-refractivity contribution in [2.45, 2.75) is 19.5 Å². The Kier molecular flexibility index (Phi) is 3.68. The summed E-state index contributed by atoms with van der Waals surface area (Å²) in [5.41, 5.74) is 4.10. The number of benzene rings is 1. The molecule has 0 atom stereocenters. The summed E-state index contributed by atoms with van der Waals surface area (Å²) in [5.74, 6) is 0. The molecule has 18 heavy (non-hydrogen) atoms. The van der Waals surface area contributed by atoms with Crippen LogP contribution in [0.25, 0.3) is 0 Å². The van der Waals surface area contributed by atoms with Gasteiger partial charge in [0.15, 0.2) is 0 Å². The van der Waals surface area contributed by atoms with Crippen molar-refractivity contribution < 1.29 is 0 Å². The normalized spacial score (nSPS) is 13.4. The summed E-state index contributed by atoms with van der Waals surface area (Å²) in [6.07, 6.45) is 1.16. The lowest BCUT2D eigenvalue weighted by Crippen LogP contribution is -2.11. The molecule has 4 heteroatoms. The highest BCUT2D eigenvalue weighted by molar-refractivity contribution is 9.10. The van der Waals surface area contributed by atoms with E-state index in [1.165, 1.54) is 26.2 Å². The Hall–Kier alpha value is -0.840. The first-order valence-corrected chi connectivity index (χ1v) is 7.78. The van der Waals surface area contributed by atoms with Crippen molar-refractivity contribution >= 4 is 33.0 Å². The second-order valence-corrected chi connectivity index (χ2v) is 6.41. The Labute approximate surface area is 120 Å². The van der Waals surface area contributed by atoms with Crippen molar-refractivity contribution in [1.82, 2.24) is 5.32 Å². The quantitative estimate of drug-likeness (QED) is 0.895. The molecular weight excluding hydrogens is 308 g/mol. The summed E-state index contributed by atoms with van der Waals surface area (Å²) < 4.78 is 1.17. The van der Waals surface area contributed by atoms with Gasteiger partial charge in [0, 0.05) is 40.1 Å². The Morgan fingerprint density at radius 1 is 1.28 bits per heavy atom. The number of halogens is 1. The van der Waals surface area contributed by atoms with Crippen molar-refractivity contribution in [3.63, 3.8) is 0 Å². The second kappa shape index (κ2) is 5.43. The number of hydrogen-bond acceptors (Lipinski definition) is 3. The summed E-state index contributed by atoms with van der Waals surface area (Å²) in [5, 5.41) is 9.03. The van der Waals surface area contributed by atoms with E-state index in [0.717, 1.165) is 26.1 Å². The van der Waals surface area contributed by atoms with Gasteiger partial charge in [-0.15, -0.1) is 11.3 Å². The zero-order valence-corrected chi connectivity index (χ0v) is 12.4. The first-order valence-electron chi connectivity index (χ1n) is 6.10. The summed E-state index contributed by atoms with van der Waals surface area (Å²) in [4.78, 5) is 1.36. The molecule has 1 aromatic carbocycles. The van der Waals surface area contributed by atoms with E-state index in [2.05, 4.69) is 56.2 Å². The standard InChI is InChI=1S/C14H15BrN2S/c15-12-6-13(18-9-12)8-16-7-10-1-2-11-3-4-17-14(11)5-10/h1-2,5-6,9,16-17H,3-4,7-8H2. The van der Waals surface area contributed by atoms with E-state index >= 15 is 0 Å². The zero-order chi connectivity index (χ0) is 12.4. The van der Waals surface area contributed by atoms with Gasteiger partial charge in [-0.3, -0.25) is 0 Å². The number of rotatable bonds is 4. The Morgan fingerprint density at radius 3 is 3.06 bits per heavy atom. The van der Waals surface area contributed by atoms with E-state index in [4.69, 9.17) is 0 Å². The molecule has 2 N–H and O–H groups in total. The molecule has 0 spiro atoms. The van der Waals surface area contributed by atoms with Crippen LogP contribution in [0.1, 0.15) is 16.0 Å². The maximum Gasteiger partial charge on any atom is 0.0376 e. The molecular formula is C14H15BrN2S. The zero-order valence-electron chi connectivity index (χ0n) is 10.0. The van der Waals surface area contributed by atoms with Crippen molar-refractivity contribution in [2.24, 2.45) is 0 Å². The molecule has 1 aromatic heterocycles. The van der Waals surface area contributed by atoms with Gasteiger partial charge >= 0.3 is 0 Å². The van der Waals surface area contributed by atoms with Crippen molar-refractivity contribution in [1.29, 1.82) is 0 Å². The van der Waals surface area contributed by atoms with Gasteiger partial charge in [0.2, 0.25) is 0 Å². The smallest absolute Gasteiger partial charge is 0.0376 e. The molecule has 0 unspecified atom stereocenters. The highest BCUT2D eigenvalue weighted by Gasteiger charge is 2.09. The predicted molar refractivity (Wildman–Crippen MR) is 81.2 cm³/mol. The van der Waals surface area contributed by atoms with Crippen molar-refractivity contribution in [2.75, 3.05) is 11.9 Å². The molecule has 94 valence electrons. The Morgan fingerprint density at radius 2 is 2.22 bits per heavy atom. The van der Waals surface area contributed by atoms with Gasteiger partial charge in [0.25, 0.3) is 0 Å². The van der Waals surface area contributed by atoms with Gasteiger partial charge in [0.1, 0.15) is 0 Å². The molecule has 2 nitrogen and oxygen atoms in total. The van der Waals surface area contributed by atoms with Crippen LogP contribution >= 0.6 is 27.3 Å². The first-order chi connectivity index (χ1) is 8.81. The summed E-state index contributed by atoms with van der Waals surface area (Å²) in [6.45, 7) is 2.93. The third-order valence-corrected chi connectivity index (χ3v) is 4.83. The maximum absolute atomic E-state index is 3.48. The van der Waals surface area contributed by atoms with Gasteiger partial charge in [-0.25, -0.2) is 0 Å². The number of hydrogen-bond donors (Lipinski definition) is 2. The van der Waals surface area contributed by atoms with Crippen LogP contribution in [0.5, 0.6) is 0 Å². The number of thiophene rings is 1. The van der Waals surface area contributed by atoms with Crippen LogP contribution in [0.4, 0.5) is 5.69 Å². The Balaban J connectivity index is 1.57. The van der Waals surface area contributed by atoms with Gasteiger partial charge in [-0.1, -0.05) is 12.1 Å². The molecule has 0 fully saturated rings. The molecule has 0 saturated heterocycles. The fourth-order valence-electron chi connectivity index (χ4n) is 2.22. The highest BCUT2D eigenvalue weighted by atomic mass is 79.9. The van der Waals surface area contributed by atoms with Crippen LogP contribution in [0.2, 0.25) is 0 Å². The molecule has 0 bridgehead atoms. The molecule has 0 aliphatic carbocycles. The largest absolute Gasteiger partial charge is 0.384 e. The molecule has 1 aliphatic rings. The highest BCUT2D eigenvalue weighted by Crippen LogP contribution is 2.23. The van der Waals surface area contributed by atoms with Crippen LogP contribution in [-0.2, 0) is 19.5 Å². The molecule has 0 radical (unpaired) electrons. The predicted octanol–water partition coefficient (Wildman–Crippen LogP) is 3.77. The van der Waals surface area contributed by atoms with E-state index in [1.54, 1.807) is 11.3 Å². The number of anilines is 1. The van der Waals surface area contributed by atoms with Gasteiger partial charge in [0.05, 0.1) is 0 Å². The summed E-state index contributed by atoms with van der Waals surface area (Å²) in [6, 6.07) is 8.90. The third kappa shape index (κ3) is 2.76. The van der Waals surface area contributed by atoms with Crippen LogP contribution in [0, 0.1) is 0 Å². The lowest BCUT2D eigenvalue weighted by Gasteiger charge is -2.06. The van der Waals surface area contributed by atoms with E-state index in [1.807, 2.05) is 0 Å². The van der Waals surface area contributed by atoms with Gasteiger partial charge in [-0.2, -0.15) is 0 Å². The van der Waals surface area contributed by atoms with E-state index in [9.17, 15) is 0 Å². The minimum absolute atomic E-state index is 0.921. The van der Waals surface area contributed by atoms with E-state index in [-0.39, 0.29) is 0 Å². The van der Waals surface area contributed by atoms with Gasteiger partial charge < -0.3 is 10.6 Å². The lowest BCUT2D eigenvalue weighted by atomic mass is 10.1. The third-order valence-electron chi connectivity index (χ3n) is 3.13. The van der Waals surface area contributed by atoms with Crippen LogP contribution < -0.4 is 10.6 Å². The first kappa shape index (κ1) is 12.2. The lowest BCUT2D eigenvalue weighted by molar-refractivity contribution is 0.701. The van der Waals surface area contributed by atoms with Crippen molar-refractivity contribution in [3.8, 4) is 0 Å². The fraction of sp³-hybridized carbons (Fsp3) is 0.286. The molecule has 2 aromatic rings.